The second-order valence-corrected chi connectivity index (χ2v) is 4.89. The molecule has 1 aromatic rings. The van der Waals surface area contributed by atoms with Gasteiger partial charge in [-0.2, -0.15) is 0 Å². The van der Waals surface area contributed by atoms with Crippen LogP contribution in [0.5, 0.6) is 0 Å². The maximum Gasteiger partial charge on any atom is 0.319 e. The number of nitrogens with one attached hydrogen (secondary N) is 2. The number of hydrogen-bond donors (Lipinski definition) is 2. The van der Waals surface area contributed by atoms with E-state index < -0.39 is 0 Å². The number of amides is 2. The Morgan fingerprint density at radius 2 is 1.67 bits per heavy atom. The van der Waals surface area contributed by atoms with E-state index in [4.69, 9.17) is 0 Å². The zero-order valence-electron chi connectivity index (χ0n) is 11.8. The lowest BCUT2D eigenvalue weighted by Gasteiger charge is -2.15. The van der Waals surface area contributed by atoms with Gasteiger partial charge in [-0.05, 0) is 36.5 Å². The molecule has 0 unspecified atom stereocenters. The molecule has 0 heterocycles. The van der Waals surface area contributed by atoms with Gasteiger partial charge in [-0.15, -0.1) is 0 Å². The number of hydrogen-bond acceptors (Lipinski definition) is 1. The molecule has 0 spiro atoms. The van der Waals surface area contributed by atoms with Crippen LogP contribution in [0.25, 0.3) is 0 Å². The summed E-state index contributed by atoms with van der Waals surface area (Å²) in [6.45, 7) is 8.46. The van der Waals surface area contributed by atoms with Crippen molar-refractivity contribution in [1.82, 2.24) is 5.32 Å². The van der Waals surface area contributed by atoms with E-state index in [-0.39, 0.29) is 12.1 Å². The predicted molar refractivity (Wildman–Crippen MR) is 77.1 cm³/mol. The third-order valence-corrected chi connectivity index (χ3v) is 3.16. The third kappa shape index (κ3) is 4.40. The molecule has 3 nitrogen and oxygen atoms in total. The topological polar surface area (TPSA) is 41.1 Å². The van der Waals surface area contributed by atoms with Crippen LogP contribution in [0.3, 0.4) is 0 Å². The Morgan fingerprint density at radius 3 is 2.11 bits per heavy atom. The molecule has 0 atom stereocenters. The Hall–Kier alpha value is -1.51. The SMILES string of the molecule is CCC(CC)NC(=O)Nc1ccc(C(C)C)cc1. The fraction of sp³-hybridized carbons (Fsp3) is 0.533. The lowest BCUT2D eigenvalue weighted by atomic mass is 10.0. The Kier molecular flexibility index (Phi) is 5.69. The molecule has 0 aliphatic rings. The molecule has 100 valence electrons. The van der Waals surface area contributed by atoms with Crippen molar-refractivity contribution in [2.75, 3.05) is 5.32 Å². The van der Waals surface area contributed by atoms with Crippen LogP contribution in [0, 0.1) is 0 Å². The van der Waals surface area contributed by atoms with Crippen molar-refractivity contribution in [2.45, 2.75) is 52.5 Å². The van der Waals surface area contributed by atoms with Crippen LogP contribution in [0.4, 0.5) is 10.5 Å². The molecule has 0 aromatic heterocycles. The molecule has 0 fully saturated rings. The summed E-state index contributed by atoms with van der Waals surface area (Å²) in [6.07, 6.45) is 1.91. The molecule has 0 bridgehead atoms. The molecule has 0 aliphatic heterocycles. The first-order valence-electron chi connectivity index (χ1n) is 6.74. The highest BCUT2D eigenvalue weighted by Gasteiger charge is 2.08. The van der Waals surface area contributed by atoms with Crippen molar-refractivity contribution in [3.63, 3.8) is 0 Å². The number of carbonyl (C=O) groups excluding carboxylic acids is 1. The summed E-state index contributed by atoms with van der Waals surface area (Å²) >= 11 is 0. The first-order valence-corrected chi connectivity index (χ1v) is 6.74. The summed E-state index contributed by atoms with van der Waals surface area (Å²) in [6, 6.07) is 8.12. The van der Waals surface area contributed by atoms with E-state index >= 15 is 0 Å². The standard InChI is InChI=1S/C15H24N2O/c1-5-13(6-2)16-15(18)17-14-9-7-12(8-10-14)11(3)4/h7-11,13H,5-6H2,1-4H3,(H2,16,17,18). The second-order valence-electron chi connectivity index (χ2n) is 4.89. The normalized spacial score (nSPS) is 10.8. The smallest absolute Gasteiger partial charge is 0.319 e. The number of carbonyl (C=O) groups is 1. The Bertz CT molecular complexity index is 367. The first-order chi connectivity index (χ1) is 8.56. The minimum absolute atomic E-state index is 0.124. The highest BCUT2D eigenvalue weighted by atomic mass is 16.2. The maximum absolute atomic E-state index is 11.7. The van der Waals surface area contributed by atoms with E-state index in [1.165, 1.54) is 5.56 Å². The van der Waals surface area contributed by atoms with E-state index in [2.05, 4.69) is 50.5 Å². The first kappa shape index (κ1) is 14.6. The Balaban J connectivity index is 2.54. The van der Waals surface area contributed by atoms with Crippen molar-refractivity contribution >= 4 is 11.7 Å². The van der Waals surface area contributed by atoms with Crippen molar-refractivity contribution < 1.29 is 4.79 Å². The molecular formula is C15H24N2O. The number of anilines is 1. The zero-order chi connectivity index (χ0) is 13.5. The van der Waals surface area contributed by atoms with Gasteiger partial charge in [-0.1, -0.05) is 39.8 Å². The van der Waals surface area contributed by atoms with Crippen LogP contribution in [0.1, 0.15) is 52.0 Å². The summed E-state index contributed by atoms with van der Waals surface area (Å²) in [7, 11) is 0. The number of rotatable bonds is 5. The number of urea groups is 1. The predicted octanol–water partition coefficient (Wildman–Crippen LogP) is 4.12. The highest BCUT2D eigenvalue weighted by molar-refractivity contribution is 5.89. The maximum atomic E-state index is 11.7. The van der Waals surface area contributed by atoms with Crippen LogP contribution in [0.2, 0.25) is 0 Å². The molecule has 2 amide bonds. The van der Waals surface area contributed by atoms with Crippen molar-refractivity contribution in [2.24, 2.45) is 0 Å². The molecule has 1 aromatic carbocycles. The summed E-state index contributed by atoms with van der Waals surface area (Å²) in [4.78, 5) is 11.7. The van der Waals surface area contributed by atoms with Gasteiger partial charge in [-0.25, -0.2) is 4.79 Å². The molecule has 0 radical (unpaired) electrons. The summed E-state index contributed by atoms with van der Waals surface area (Å²) in [5.41, 5.74) is 2.11. The van der Waals surface area contributed by atoms with Crippen LogP contribution in [-0.2, 0) is 0 Å². The average molecular weight is 248 g/mol. The summed E-state index contributed by atoms with van der Waals surface area (Å²) in [5, 5.41) is 5.81. The fourth-order valence-corrected chi connectivity index (χ4v) is 1.80. The Morgan fingerprint density at radius 1 is 1.11 bits per heavy atom. The largest absolute Gasteiger partial charge is 0.335 e. The van der Waals surface area contributed by atoms with E-state index in [0.717, 1.165) is 18.5 Å². The van der Waals surface area contributed by atoms with Gasteiger partial charge in [0.15, 0.2) is 0 Å². The zero-order valence-corrected chi connectivity index (χ0v) is 11.8. The van der Waals surface area contributed by atoms with Crippen LogP contribution in [0.15, 0.2) is 24.3 Å². The minimum Gasteiger partial charge on any atom is -0.335 e. The van der Waals surface area contributed by atoms with E-state index in [9.17, 15) is 4.79 Å². The lowest BCUT2D eigenvalue weighted by Crippen LogP contribution is -2.37. The molecule has 1 rings (SSSR count). The highest BCUT2D eigenvalue weighted by Crippen LogP contribution is 2.17. The number of benzene rings is 1. The van der Waals surface area contributed by atoms with Crippen LogP contribution in [-0.4, -0.2) is 12.1 Å². The minimum atomic E-state index is -0.124. The Labute approximate surface area is 110 Å². The third-order valence-electron chi connectivity index (χ3n) is 3.16. The fourth-order valence-electron chi connectivity index (χ4n) is 1.80. The van der Waals surface area contributed by atoms with Gasteiger partial charge in [0.1, 0.15) is 0 Å². The van der Waals surface area contributed by atoms with Crippen molar-refractivity contribution in [1.29, 1.82) is 0 Å². The van der Waals surface area contributed by atoms with Gasteiger partial charge in [0.2, 0.25) is 0 Å². The molecule has 0 aliphatic carbocycles. The second kappa shape index (κ2) is 7.04. The molecule has 0 saturated carbocycles. The van der Waals surface area contributed by atoms with Gasteiger partial charge in [0.25, 0.3) is 0 Å². The molecule has 2 N–H and O–H groups in total. The molecule has 0 saturated heterocycles. The summed E-state index contributed by atoms with van der Waals surface area (Å²) in [5.74, 6) is 0.512. The van der Waals surface area contributed by atoms with Crippen molar-refractivity contribution in [3.8, 4) is 0 Å². The quantitative estimate of drug-likeness (QED) is 0.808. The van der Waals surface area contributed by atoms with Gasteiger partial charge in [-0.3, -0.25) is 0 Å². The monoisotopic (exact) mass is 248 g/mol. The van der Waals surface area contributed by atoms with Crippen molar-refractivity contribution in [3.05, 3.63) is 29.8 Å². The van der Waals surface area contributed by atoms with E-state index in [0.29, 0.717) is 5.92 Å². The molecular weight excluding hydrogens is 224 g/mol. The van der Waals surface area contributed by atoms with Gasteiger partial charge in [0.05, 0.1) is 0 Å². The van der Waals surface area contributed by atoms with Gasteiger partial charge < -0.3 is 10.6 Å². The van der Waals surface area contributed by atoms with Crippen LogP contribution < -0.4 is 10.6 Å². The molecule has 18 heavy (non-hydrogen) atoms. The van der Waals surface area contributed by atoms with Gasteiger partial charge in [0, 0.05) is 11.7 Å². The van der Waals surface area contributed by atoms with E-state index in [1.54, 1.807) is 0 Å². The summed E-state index contributed by atoms with van der Waals surface area (Å²) < 4.78 is 0. The van der Waals surface area contributed by atoms with E-state index in [1.807, 2.05) is 12.1 Å². The molecule has 3 heteroatoms. The lowest BCUT2D eigenvalue weighted by molar-refractivity contribution is 0.247. The van der Waals surface area contributed by atoms with Crippen LogP contribution >= 0.6 is 0 Å². The average Bonchev–Trinajstić information content (AvgIpc) is 2.36. The van der Waals surface area contributed by atoms with Gasteiger partial charge >= 0.3 is 6.03 Å².